The molecule has 178 valence electrons. The average molecular weight is 462 g/mol. The molecular weight excluding hydrogens is 421 g/mol. The SMILES string of the molecule is CC.CCOC(=O)CNP(C)(=O)Cc1cc(C)c(Cc2ccc(O)c(C(C)C)c2)c(C)c1. The maximum Gasteiger partial charge on any atom is 0.320 e. The van der Waals surface area contributed by atoms with Crippen LogP contribution in [-0.4, -0.2) is 30.9 Å². The number of hydrogen-bond donors (Lipinski definition) is 2. The number of hydrogen-bond acceptors (Lipinski definition) is 4. The van der Waals surface area contributed by atoms with E-state index in [9.17, 15) is 14.5 Å². The molecule has 0 saturated heterocycles. The van der Waals surface area contributed by atoms with Crippen molar-refractivity contribution in [3.05, 3.63) is 63.7 Å². The van der Waals surface area contributed by atoms with E-state index in [1.807, 2.05) is 19.9 Å². The van der Waals surface area contributed by atoms with E-state index in [-0.39, 0.29) is 12.5 Å². The van der Waals surface area contributed by atoms with Crippen LogP contribution >= 0.6 is 7.29 Å². The normalized spacial score (nSPS) is 12.7. The predicted octanol–water partition coefficient (Wildman–Crippen LogP) is 6.31. The molecule has 2 rings (SSSR count). The maximum atomic E-state index is 12.9. The van der Waals surface area contributed by atoms with Crippen LogP contribution in [0, 0.1) is 13.8 Å². The minimum Gasteiger partial charge on any atom is -0.508 e. The van der Waals surface area contributed by atoms with Crippen molar-refractivity contribution in [2.45, 2.75) is 67.0 Å². The highest BCUT2D eigenvalue weighted by molar-refractivity contribution is 7.60. The fraction of sp³-hybridized carbons (Fsp3) is 0.500. The van der Waals surface area contributed by atoms with Crippen LogP contribution in [0.1, 0.15) is 73.9 Å². The van der Waals surface area contributed by atoms with Crippen molar-refractivity contribution in [2.24, 2.45) is 0 Å². The summed E-state index contributed by atoms with van der Waals surface area (Å²) in [6.45, 7) is 16.0. The van der Waals surface area contributed by atoms with Gasteiger partial charge in [-0.15, -0.1) is 0 Å². The summed E-state index contributed by atoms with van der Waals surface area (Å²) in [5, 5.41) is 12.9. The molecule has 0 aromatic heterocycles. The van der Waals surface area contributed by atoms with Gasteiger partial charge in [0.25, 0.3) is 0 Å². The maximum absolute atomic E-state index is 12.9. The van der Waals surface area contributed by atoms with E-state index in [0.717, 1.165) is 34.2 Å². The van der Waals surface area contributed by atoms with Gasteiger partial charge in [-0.1, -0.05) is 52.0 Å². The lowest BCUT2D eigenvalue weighted by Crippen LogP contribution is -2.22. The number of benzene rings is 2. The number of ether oxygens (including phenoxy) is 1. The van der Waals surface area contributed by atoms with Crippen LogP contribution < -0.4 is 5.09 Å². The lowest BCUT2D eigenvalue weighted by atomic mass is 9.92. The molecule has 0 amide bonds. The molecule has 0 spiro atoms. The Bertz CT molecular complexity index is 930. The number of phenolic OH excluding ortho intramolecular Hbond substituents is 1. The second kappa shape index (κ2) is 12.8. The van der Waals surface area contributed by atoms with Crippen molar-refractivity contribution in [2.75, 3.05) is 19.8 Å². The van der Waals surface area contributed by atoms with Crippen LogP contribution in [0.3, 0.4) is 0 Å². The Morgan fingerprint density at radius 2 is 1.69 bits per heavy atom. The monoisotopic (exact) mass is 461 g/mol. The number of phenols is 1. The Morgan fingerprint density at radius 3 is 2.22 bits per heavy atom. The van der Waals surface area contributed by atoms with Crippen molar-refractivity contribution in [1.29, 1.82) is 0 Å². The zero-order valence-corrected chi connectivity index (χ0v) is 21.8. The molecule has 5 nitrogen and oxygen atoms in total. The van der Waals surface area contributed by atoms with Crippen LogP contribution in [0.25, 0.3) is 0 Å². The Balaban J connectivity index is 0.00000249. The molecule has 0 bridgehead atoms. The van der Waals surface area contributed by atoms with Crippen LogP contribution in [0.4, 0.5) is 0 Å². The van der Waals surface area contributed by atoms with Gasteiger partial charge in [-0.05, 0) is 72.6 Å². The van der Waals surface area contributed by atoms with Gasteiger partial charge in [-0.3, -0.25) is 9.88 Å². The number of esters is 1. The van der Waals surface area contributed by atoms with Gasteiger partial charge in [0.15, 0.2) is 0 Å². The lowest BCUT2D eigenvalue weighted by Gasteiger charge is -2.18. The van der Waals surface area contributed by atoms with Gasteiger partial charge in [0.05, 0.1) is 13.2 Å². The number of carbonyl (C=O) groups excluding carboxylic acids is 1. The van der Waals surface area contributed by atoms with E-state index in [4.69, 9.17) is 4.74 Å². The van der Waals surface area contributed by atoms with Crippen LogP contribution in [-0.2, 0) is 26.7 Å². The van der Waals surface area contributed by atoms with Gasteiger partial charge >= 0.3 is 5.97 Å². The predicted molar refractivity (Wildman–Crippen MR) is 134 cm³/mol. The van der Waals surface area contributed by atoms with E-state index >= 15 is 0 Å². The fourth-order valence-corrected chi connectivity index (χ4v) is 5.14. The second-order valence-corrected chi connectivity index (χ2v) is 11.2. The number of carbonyl (C=O) groups is 1. The fourth-order valence-electron chi connectivity index (χ4n) is 3.68. The summed E-state index contributed by atoms with van der Waals surface area (Å²) in [6, 6.07) is 9.97. The molecule has 0 heterocycles. The van der Waals surface area contributed by atoms with E-state index in [0.29, 0.717) is 18.5 Å². The molecule has 1 unspecified atom stereocenters. The molecule has 6 heteroatoms. The summed E-state index contributed by atoms with van der Waals surface area (Å²) < 4.78 is 17.8. The average Bonchev–Trinajstić information content (AvgIpc) is 2.71. The zero-order chi connectivity index (χ0) is 24.5. The first-order chi connectivity index (χ1) is 15.0. The molecule has 2 N–H and O–H groups in total. The largest absolute Gasteiger partial charge is 0.508 e. The van der Waals surface area contributed by atoms with Gasteiger partial charge < -0.3 is 14.4 Å². The molecule has 2 aromatic carbocycles. The number of nitrogens with one attached hydrogen (secondary N) is 1. The highest BCUT2D eigenvalue weighted by Gasteiger charge is 2.19. The van der Waals surface area contributed by atoms with E-state index in [1.54, 1.807) is 19.7 Å². The molecule has 0 aliphatic rings. The molecule has 0 fully saturated rings. The minimum absolute atomic E-state index is 0.0449. The quantitative estimate of drug-likeness (QED) is 0.338. The topological polar surface area (TPSA) is 75.6 Å². The summed E-state index contributed by atoms with van der Waals surface area (Å²) in [4.78, 5) is 11.5. The highest BCUT2D eigenvalue weighted by atomic mass is 31.2. The smallest absolute Gasteiger partial charge is 0.320 e. The van der Waals surface area contributed by atoms with E-state index in [2.05, 4.69) is 51.0 Å². The van der Waals surface area contributed by atoms with Crippen molar-refractivity contribution < 1.29 is 19.2 Å². The van der Waals surface area contributed by atoms with Crippen molar-refractivity contribution in [3.63, 3.8) is 0 Å². The van der Waals surface area contributed by atoms with Gasteiger partial charge in [-0.2, -0.15) is 0 Å². The zero-order valence-electron chi connectivity index (χ0n) is 20.9. The summed E-state index contributed by atoms with van der Waals surface area (Å²) >= 11 is 0. The van der Waals surface area contributed by atoms with Gasteiger partial charge in [0, 0.05) is 12.8 Å². The molecule has 0 aliphatic heterocycles. The summed E-state index contributed by atoms with van der Waals surface area (Å²) in [6.07, 6.45) is 1.16. The first kappa shape index (κ1) is 27.9. The minimum atomic E-state index is -2.72. The third-order valence-electron chi connectivity index (χ3n) is 5.20. The first-order valence-corrected chi connectivity index (χ1v) is 13.7. The number of rotatable bonds is 9. The number of aromatic hydroxyl groups is 1. The highest BCUT2D eigenvalue weighted by Crippen LogP contribution is 2.41. The van der Waals surface area contributed by atoms with Crippen molar-refractivity contribution in [3.8, 4) is 5.75 Å². The third-order valence-corrected chi connectivity index (χ3v) is 6.99. The van der Waals surface area contributed by atoms with E-state index < -0.39 is 13.3 Å². The summed E-state index contributed by atoms with van der Waals surface area (Å²) in [7, 11) is -2.72. The van der Waals surface area contributed by atoms with Gasteiger partial charge in [0.2, 0.25) is 0 Å². The van der Waals surface area contributed by atoms with Gasteiger partial charge in [0.1, 0.15) is 13.0 Å². The molecule has 0 saturated carbocycles. The van der Waals surface area contributed by atoms with Gasteiger partial charge in [-0.25, -0.2) is 0 Å². The lowest BCUT2D eigenvalue weighted by molar-refractivity contribution is -0.141. The van der Waals surface area contributed by atoms with Crippen molar-refractivity contribution >= 4 is 13.3 Å². The van der Waals surface area contributed by atoms with Crippen LogP contribution in [0.2, 0.25) is 0 Å². The van der Waals surface area contributed by atoms with Crippen LogP contribution in [0.15, 0.2) is 30.3 Å². The molecule has 0 aliphatic carbocycles. The second-order valence-electron chi connectivity index (χ2n) is 8.33. The Labute approximate surface area is 194 Å². The Kier molecular flexibility index (Phi) is 11.2. The van der Waals surface area contributed by atoms with E-state index in [1.165, 1.54) is 5.56 Å². The molecule has 32 heavy (non-hydrogen) atoms. The summed E-state index contributed by atoms with van der Waals surface area (Å²) in [5.74, 6) is 0.207. The van der Waals surface area contributed by atoms with Crippen molar-refractivity contribution in [1.82, 2.24) is 5.09 Å². The standard InChI is InChI=1S/C24H34NO4P.C2H6/c1-7-29-24(27)14-25-30(6,28)15-20-10-17(4)22(18(5)11-20)13-19-8-9-23(26)21(12-19)16(2)3;1-2/h8-12,16,26H,7,13-15H2,1-6H3,(H,25,28);1-2H3. The Hall–Kier alpha value is -2.10. The molecule has 2 aromatic rings. The molecule has 0 radical (unpaired) electrons. The Morgan fingerprint density at radius 1 is 1.09 bits per heavy atom. The third kappa shape index (κ3) is 8.44. The molecule has 1 atom stereocenters. The number of aryl methyl sites for hydroxylation is 2. The summed E-state index contributed by atoms with van der Waals surface area (Å²) in [5.41, 5.74) is 6.64. The van der Waals surface area contributed by atoms with Crippen LogP contribution in [0.5, 0.6) is 5.75 Å². The first-order valence-electron chi connectivity index (χ1n) is 11.4. The molecular formula is C26H40NO4P.